The molecule has 18 heteroatoms. The smallest absolute Gasteiger partial charge is 1.00 e. The van der Waals surface area contributed by atoms with E-state index in [9.17, 15) is 26.3 Å². The van der Waals surface area contributed by atoms with E-state index in [-0.39, 0.29) is 80.1 Å². The van der Waals surface area contributed by atoms with Crippen molar-refractivity contribution in [2.75, 3.05) is 0 Å². The third kappa shape index (κ3) is 17.9. The molecule has 0 radical (unpaired) electrons. The molecule has 0 amide bonds. The van der Waals surface area contributed by atoms with Crippen LogP contribution in [0.15, 0.2) is 0 Å². The molecule has 116 valence electrons. The minimum absolute atomic E-state index is 0. The molecule has 0 fully saturated rings. The number of halogens is 8. The summed E-state index contributed by atoms with van der Waals surface area (Å²) in [4.78, 5) is 0. The maximum atomic E-state index is 10.7. The van der Waals surface area contributed by atoms with Crippen LogP contribution >= 0.6 is 0 Å². The molecule has 0 heterocycles. The zero-order valence-electron chi connectivity index (χ0n) is 8.70. The van der Waals surface area contributed by atoms with Crippen molar-refractivity contribution >= 4 is 66.3 Å². The summed E-state index contributed by atoms with van der Waals surface area (Å²) in [6, 6.07) is 0. The first kappa shape index (κ1) is 37.8. The van der Waals surface area contributed by atoms with Gasteiger partial charge in [-0.05, 0) is 0 Å². The molecule has 0 saturated carbocycles. The van der Waals surface area contributed by atoms with Gasteiger partial charge in [0.2, 0.25) is 0 Å². The van der Waals surface area contributed by atoms with Gasteiger partial charge in [-0.25, -0.2) is 16.8 Å². The molecule has 20 heavy (non-hydrogen) atoms. The fourth-order valence-corrected chi connectivity index (χ4v) is 0. The van der Waals surface area contributed by atoms with Gasteiger partial charge in [0.25, 0.3) is 0 Å². The van der Waals surface area contributed by atoms with E-state index in [0.717, 1.165) is 0 Å². The largest absolute Gasteiger partial charge is 2.00 e. The van der Waals surface area contributed by atoms with Crippen LogP contribution < -0.4 is 34.0 Å². The van der Waals surface area contributed by atoms with Crippen molar-refractivity contribution in [1.29, 1.82) is 0 Å². The summed E-state index contributed by atoms with van der Waals surface area (Å²) in [6.07, 6.45) is 0. The van der Waals surface area contributed by atoms with Gasteiger partial charge >= 0.3 is 57.1 Å². The maximum absolute atomic E-state index is 10.7. The fraction of sp³-hybridized carbons (Fsp3) is 1.00. The van der Waals surface area contributed by atoms with E-state index >= 15 is 0 Å². The van der Waals surface area contributed by atoms with Gasteiger partial charge in [-0.15, -0.1) is 0 Å². The Labute approximate surface area is 162 Å². The second-order valence-electron chi connectivity index (χ2n) is 1.80. The second kappa shape index (κ2) is 12.3. The fourth-order valence-electron chi connectivity index (χ4n) is 0. The van der Waals surface area contributed by atoms with Crippen molar-refractivity contribution in [2.45, 2.75) is 11.0 Å². The van der Waals surface area contributed by atoms with Gasteiger partial charge in [0, 0.05) is 0 Å². The zero-order chi connectivity index (χ0) is 14.0. The van der Waals surface area contributed by atoms with Crippen LogP contribution in [0.2, 0.25) is 0 Å². The third-order valence-corrected chi connectivity index (χ3v) is 1.70. The van der Waals surface area contributed by atoms with Crippen LogP contribution in [0, 0.1) is 0 Å². The van der Waals surface area contributed by atoms with E-state index in [1.807, 2.05) is 0 Å². The molecule has 0 aromatic carbocycles. The Kier molecular flexibility index (Phi) is 23.3. The molecule has 0 aliphatic rings. The van der Waals surface area contributed by atoms with Crippen LogP contribution in [0.3, 0.4) is 0 Å². The van der Waals surface area contributed by atoms with Crippen molar-refractivity contribution in [3.05, 3.63) is 0 Å². The van der Waals surface area contributed by atoms with E-state index in [0.29, 0.717) is 0 Å². The van der Waals surface area contributed by atoms with E-state index in [4.69, 9.17) is 25.9 Å². The van der Waals surface area contributed by atoms with Gasteiger partial charge in [0.05, 0.1) is 0 Å². The molecule has 0 aliphatic carbocycles. The molecule has 0 unspecified atom stereocenters. The Bertz CT molecular complexity index is 387. The monoisotopic (exact) mass is 504 g/mol. The minimum atomic E-state index is -6.09. The van der Waals surface area contributed by atoms with E-state index in [1.165, 1.54) is 0 Å². The molecular weight excluding hydrogens is 507 g/mol. The topological polar surface area (TPSA) is 114 Å². The van der Waals surface area contributed by atoms with Crippen LogP contribution in [0.5, 0.6) is 0 Å². The van der Waals surface area contributed by atoms with E-state index in [2.05, 4.69) is 0 Å². The van der Waals surface area contributed by atoms with Gasteiger partial charge in [-0.3, -0.25) is 0 Å². The molecule has 0 aromatic rings. The summed E-state index contributed by atoms with van der Waals surface area (Å²) in [5.41, 5.74) is -11.3. The van der Waals surface area contributed by atoms with E-state index in [1.54, 1.807) is 0 Å². The van der Waals surface area contributed by atoms with Crippen molar-refractivity contribution in [1.82, 2.24) is 0 Å². The molecule has 0 saturated heterocycles. The Morgan fingerprint density at radius 2 is 0.650 bits per heavy atom. The average Bonchev–Trinajstić information content (AvgIpc) is 1.77. The van der Waals surface area contributed by atoms with Crippen molar-refractivity contribution in [3.8, 4) is 0 Å². The Morgan fingerprint density at radius 1 is 0.600 bits per heavy atom. The first-order chi connectivity index (χ1) is 6.50. The molecule has 0 spiro atoms. The summed E-state index contributed by atoms with van der Waals surface area (Å²) in [6.45, 7) is 0. The van der Waals surface area contributed by atoms with Crippen LogP contribution in [-0.4, -0.2) is 83.1 Å². The average molecular weight is 507 g/mol. The van der Waals surface area contributed by atoms with Gasteiger partial charge in [-0.1, -0.05) is 0 Å². The van der Waals surface area contributed by atoms with Crippen LogP contribution in [0.25, 0.3) is 0 Å². The van der Waals surface area contributed by atoms with Crippen LogP contribution in [0.4, 0.5) is 26.3 Å². The second-order valence-corrected chi connectivity index (χ2v) is 4.54. The van der Waals surface area contributed by atoms with Crippen molar-refractivity contribution in [3.63, 3.8) is 0 Å². The van der Waals surface area contributed by atoms with Gasteiger partial charge in [0.15, 0.2) is 20.2 Å². The van der Waals surface area contributed by atoms with Gasteiger partial charge in [0.1, 0.15) is 0 Å². The minimum Gasteiger partial charge on any atom is -1.00 e. The molecular formula is C2Br2F6Mg2O6S2. The molecule has 0 rings (SSSR count). The zero-order valence-corrected chi connectivity index (χ0v) is 16.3. The van der Waals surface area contributed by atoms with Gasteiger partial charge < -0.3 is 43.1 Å². The Hall–Kier alpha value is 1.89. The maximum Gasteiger partial charge on any atom is 2.00 e. The molecule has 6 nitrogen and oxygen atoms in total. The van der Waals surface area contributed by atoms with E-state index < -0.39 is 31.3 Å². The summed E-state index contributed by atoms with van der Waals surface area (Å²) < 4.78 is 118. The Morgan fingerprint density at radius 3 is 0.650 bits per heavy atom. The van der Waals surface area contributed by atoms with Crippen LogP contribution in [-0.2, 0) is 20.2 Å². The quantitative estimate of drug-likeness (QED) is 0.140. The molecule has 0 aromatic heterocycles. The predicted molar refractivity (Wildman–Crippen MR) is 43.0 cm³/mol. The number of hydrogen-bond donors (Lipinski definition) is 0. The van der Waals surface area contributed by atoms with Crippen molar-refractivity contribution < 1.29 is 86.2 Å². The molecule has 0 aliphatic heterocycles. The molecule has 0 N–H and O–H groups in total. The van der Waals surface area contributed by atoms with Crippen molar-refractivity contribution in [2.24, 2.45) is 0 Å². The SMILES string of the molecule is O=S(=O)([O-])C(F)(F)F.O=S(=O)([O-])C(F)(F)F.[Br-].[Br-].[Mg+2].[Mg+2]. The molecule has 0 atom stereocenters. The molecule has 0 bridgehead atoms. The van der Waals surface area contributed by atoms with Gasteiger partial charge in [-0.2, -0.15) is 26.3 Å². The Balaban J connectivity index is -0.0000000408. The third-order valence-electron chi connectivity index (χ3n) is 0.567. The first-order valence-electron chi connectivity index (χ1n) is 2.54. The summed E-state index contributed by atoms with van der Waals surface area (Å²) >= 11 is 0. The number of hydrogen-bond acceptors (Lipinski definition) is 6. The summed E-state index contributed by atoms with van der Waals surface area (Å²) in [5, 5.41) is 0. The standard InChI is InChI=1S/2CHF3O3S.2BrH.2Mg/c2*2-1(3,4)8(5,6)7;;;;/h2*(H,5,6,7);2*1H;;/q;;;;2*+2/p-4. The summed E-state index contributed by atoms with van der Waals surface area (Å²) in [5.74, 6) is 0. The van der Waals surface area contributed by atoms with Crippen LogP contribution in [0.1, 0.15) is 0 Å². The summed E-state index contributed by atoms with van der Waals surface area (Å²) in [7, 11) is -12.2. The number of rotatable bonds is 0. The first-order valence-corrected chi connectivity index (χ1v) is 5.36. The normalized spacial score (nSPS) is 11.2. The number of alkyl halides is 6. The predicted octanol–water partition coefficient (Wildman–Crippen LogP) is -6.65.